The third-order valence-electron chi connectivity index (χ3n) is 1.78. The molecule has 1 rings (SSSR count). The van der Waals surface area contributed by atoms with Crippen molar-refractivity contribution in [2.75, 3.05) is 19.1 Å². The van der Waals surface area contributed by atoms with Crippen molar-refractivity contribution >= 4 is 54.2 Å². The van der Waals surface area contributed by atoms with Crippen LogP contribution < -0.4 is 4.52 Å². The molecule has 0 aliphatic carbocycles. The summed E-state index contributed by atoms with van der Waals surface area (Å²) < 4.78 is 27.4. The van der Waals surface area contributed by atoms with Crippen LogP contribution in [0.2, 0.25) is 15.1 Å². The van der Waals surface area contributed by atoms with Crippen LogP contribution in [0.3, 0.4) is 0 Å². The van der Waals surface area contributed by atoms with Crippen molar-refractivity contribution in [1.82, 2.24) is 0 Å². The Bertz CT molecular complexity index is 460. The SMILES string of the molecule is CCOP(=O)(OCCCl)Oc1c(Cl)cc(Cl)cc1Cl. The molecule has 0 aromatic heterocycles. The van der Waals surface area contributed by atoms with Crippen LogP contribution in [0.5, 0.6) is 5.75 Å². The number of alkyl halides is 1. The van der Waals surface area contributed by atoms with E-state index < -0.39 is 7.82 Å². The van der Waals surface area contributed by atoms with Crippen molar-refractivity contribution in [2.45, 2.75) is 6.92 Å². The molecular formula is C10H11Cl4O4P. The van der Waals surface area contributed by atoms with Crippen molar-refractivity contribution in [3.05, 3.63) is 27.2 Å². The van der Waals surface area contributed by atoms with Gasteiger partial charge in [-0.15, -0.1) is 11.6 Å². The van der Waals surface area contributed by atoms with E-state index in [0.29, 0.717) is 5.02 Å². The van der Waals surface area contributed by atoms with Gasteiger partial charge < -0.3 is 4.52 Å². The maximum atomic E-state index is 12.3. The smallest absolute Gasteiger partial charge is 0.401 e. The highest BCUT2D eigenvalue weighted by Gasteiger charge is 2.30. The van der Waals surface area contributed by atoms with Gasteiger partial charge in [-0.3, -0.25) is 9.05 Å². The van der Waals surface area contributed by atoms with Crippen LogP contribution in [0.15, 0.2) is 12.1 Å². The van der Waals surface area contributed by atoms with Crippen LogP contribution in [-0.2, 0) is 13.6 Å². The van der Waals surface area contributed by atoms with Gasteiger partial charge in [0.15, 0.2) is 5.75 Å². The van der Waals surface area contributed by atoms with Crippen LogP contribution in [0.1, 0.15) is 6.92 Å². The second-order valence-corrected chi connectivity index (χ2v) is 6.40. The highest BCUT2D eigenvalue weighted by atomic mass is 35.5. The van der Waals surface area contributed by atoms with Crippen LogP contribution >= 0.6 is 54.2 Å². The highest BCUT2D eigenvalue weighted by Crippen LogP contribution is 2.52. The third kappa shape index (κ3) is 5.31. The van der Waals surface area contributed by atoms with E-state index in [-0.39, 0.29) is 34.9 Å². The van der Waals surface area contributed by atoms with Gasteiger partial charge in [-0.25, -0.2) is 4.57 Å². The number of halogens is 4. The molecule has 0 spiro atoms. The van der Waals surface area contributed by atoms with Crippen molar-refractivity contribution < 1.29 is 18.1 Å². The molecule has 0 bridgehead atoms. The van der Waals surface area contributed by atoms with Gasteiger partial charge in [-0.1, -0.05) is 34.8 Å². The van der Waals surface area contributed by atoms with E-state index in [2.05, 4.69) is 0 Å². The van der Waals surface area contributed by atoms with Gasteiger partial charge in [0.1, 0.15) is 0 Å². The summed E-state index contributed by atoms with van der Waals surface area (Å²) in [5.74, 6) is 0.127. The van der Waals surface area contributed by atoms with Gasteiger partial charge in [-0.2, -0.15) is 0 Å². The predicted molar refractivity (Wildman–Crippen MR) is 78.0 cm³/mol. The normalized spacial score (nSPS) is 14.2. The Morgan fingerprint density at radius 1 is 1.16 bits per heavy atom. The Hall–Kier alpha value is 0.330. The van der Waals surface area contributed by atoms with Gasteiger partial charge in [0.2, 0.25) is 0 Å². The molecule has 9 heteroatoms. The monoisotopic (exact) mass is 366 g/mol. The fraction of sp³-hybridized carbons (Fsp3) is 0.400. The Morgan fingerprint density at radius 2 is 1.74 bits per heavy atom. The molecule has 0 saturated carbocycles. The Balaban J connectivity index is 3.00. The minimum absolute atomic E-state index is 0.00165. The zero-order chi connectivity index (χ0) is 14.5. The van der Waals surface area contributed by atoms with Gasteiger partial charge in [0, 0.05) is 10.9 Å². The molecule has 0 heterocycles. The number of phosphoric ester groups is 1. The molecular weight excluding hydrogens is 357 g/mol. The summed E-state index contributed by atoms with van der Waals surface area (Å²) in [6.07, 6.45) is 0. The standard InChI is InChI=1S/C10H11Cl4O4P/c1-2-16-19(15,17-4-3-11)18-10-8(13)5-7(12)6-9(10)14/h5-6H,2-4H2,1H3. The van der Waals surface area contributed by atoms with Gasteiger partial charge in [0.25, 0.3) is 0 Å². The first kappa shape index (κ1) is 17.4. The molecule has 0 aliphatic rings. The van der Waals surface area contributed by atoms with Crippen LogP contribution in [0.4, 0.5) is 0 Å². The first-order valence-corrected chi connectivity index (χ1v) is 8.34. The zero-order valence-electron chi connectivity index (χ0n) is 9.87. The minimum Gasteiger partial charge on any atom is -0.401 e. The summed E-state index contributed by atoms with van der Waals surface area (Å²) >= 11 is 23.1. The molecule has 0 saturated heterocycles. The number of hydrogen-bond donors (Lipinski definition) is 0. The molecule has 0 aliphatic heterocycles. The zero-order valence-corrected chi connectivity index (χ0v) is 13.8. The molecule has 4 nitrogen and oxygen atoms in total. The van der Waals surface area contributed by atoms with Crippen molar-refractivity contribution in [3.8, 4) is 5.75 Å². The number of hydrogen-bond acceptors (Lipinski definition) is 4. The number of benzene rings is 1. The van der Waals surface area contributed by atoms with E-state index in [1.54, 1.807) is 6.92 Å². The molecule has 108 valence electrons. The fourth-order valence-corrected chi connectivity index (χ4v) is 3.54. The van der Waals surface area contributed by atoms with E-state index in [9.17, 15) is 4.57 Å². The van der Waals surface area contributed by atoms with Crippen molar-refractivity contribution in [3.63, 3.8) is 0 Å². The van der Waals surface area contributed by atoms with Crippen molar-refractivity contribution in [1.29, 1.82) is 0 Å². The fourth-order valence-electron chi connectivity index (χ4n) is 1.12. The maximum absolute atomic E-state index is 12.3. The van der Waals surface area contributed by atoms with Crippen LogP contribution in [0.25, 0.3) is 0 Å². The first-order chi connectivity index (χ1) is 8.91. The average molecular weight is 368 g/mol. The topological polar surface area (TPSA) is 44.8 Å². The molecule has 1 aromatic rings. The average Bonchev–Trinajstić information content (AvgIpc) is 2.32. The van der Waals surface area contributed by atoms with Crippen molar-refractivity contribution in [2.24, 2.45) is 0 Å². The molecule has 0 fully saturated rings. The van der Waals surface area contributed by atoms with E-state index in [1.165, 1.54) is 12.1 Å². The summed E-state index contributed by atoms with van der Waals surface area (Å²) in [6, 6.07) is 2.81. The Labute approximate surface area is 131 Å². The summed E-state index contributed by atoms with van der Waals surface area (Å²) in [4.78, 5) is 0. The maximum Gasteiger partial charge on any atom is 0.530 e. The molecule has 0 amide bonds. The number of phosphoric acid groups is 1. The molecule has 0 N–H and O–H groups in total. The Morgan fingerprint density at radius 3 is 2.21 bits per heavy atom. The summed E-state index contributed by atoms with van der Waals surface area (Å²) in [7, 11) is -3.82. The largest absolute Gasteiger partial charge is 0.530 e. The second kappa shape index (κ2) is 7.94. The van der Waals surface area contributed by atoms with E-state index in [0.717, 1.165) is 0 Å². The van der Waals surface area contributed by atoms with E-state index in [1.807, 2.05) is 0 Å². The lowest BCUT2D eigenvalue weighted by atomic mass is 10.3. The number of rotatable bonds is 7. The van der Waals surface area contributed by atoms with E-state index >= 15 is 0 Å². The molecule has 19 heavy (non-hydrogen) atoms. The van der Waals surface area contributed by atoms with Gasteiger partial charge >= 0.3 is 7.82 Å². The minimum atomic E-state index is -3.82. The Kier molecular flexibility index (Phi) is 7.26. The van der Waals surface area contributed by atoms with E-state index in [4.69, 9.17) is 60.0 Å². The van der Waals surface area contributed by atoms with Crippen LogP contribution in [-0.4, -0.2) is 19.1 Å². The lowest BCUT2D eigenvalue weighted by molar-refractivity contribution is 0.168. The van der Waals surface area contributed by atoms with Gasteiger partial charge in [-0.05, 0) is 19.1 Å². The lowest BCUT2D eigenvalue weighted by Gasteiger charge is -2.18. The quantitative estimate of drug-likeness (QED) is 0.476. The summed E-state index contributed by atoms with van der Waals surface area (Å²) in [5.41, 5.74) is 0. The summed E-state index contributed by atoms with van der Waals surface area (Å²) in [6.45, 7) is 1.77. The first-order valence-electron chi connectivity index (χ1n) is 5.21. The van der Waals surface area contributed by atoms with Crippen LogP contribution in [0, 0.1) is 0 Å². The molecule has 1 aromatic carbocycles. The predicted octanol–water partition coefficient (Wildman–Crippen LogP) is 5.43. The summed E-state index contributed by atoms with van der Waals surface area (Å²) in [5, 5.41) is 0.536. The molecule has 1 atom stereocenters. The molecule has 1 unspecified atom stereocenters. The lowest BCUT2D eigenvalue weighted by Crippen LogP contribution is -2.05. The molecule has 0 radical (unpaired) electrons. The highest BCUT2D eigenvalue weighted by molar-refractivity contribution is 7.49. The van der Waals surface area contributed by atoms with Gasteiger partial charge in [0.05, 0.1) is 23.3 Å². The third-order valence-corrected chi connectivity index (χ3v) is 4.19. The second-order valence-electron chi connectivity index (χ2n) is 3.18.